The highest BCUT2D eigenvalue weighted by Crippen LogP contribution is 2.67. The Kier molecular flexibility index (Phi) is 7.14. The minimum atomic E-state index is -2.00. The van der Waals surface area contributed by atoms with Gasteiger partial charge in [0.15, 0.2) is 9.75 Å². The second-order valence-corrected chi connectivity index (χ2v) is 13.3. The number of ether oxygens (including phenoxy) is 2. The topological polar surface area (TPSA) is 113 Å². The Balaban J connectivity index is 1.55. The Hall–Kier alpha value is -2.30. The van der Waals surface area contributed by atoms with E-state index in [0.717, 1.165) is 37.0 Å². The van der Waals surface area contributed by atoms with Crippen molar-refractivity contribution < 1.29 is 33.8 Å². The molecule has 2 aliphatic heterocycles. The summed E-state index contributed by atoms with van der Waals surface area (Å²) >= 11 is 17.9. The molecule has 41 heavy (non-hydrogen) atoms. The lowest BCUT2D eigenvalue weighted by Crippen LogP contribution is -2.60. The summed E-state index contributed by atoms with van der Waals surface area (Å²) in [5.41, 5.74) is 0.858. The number of phenolic OH excluding ortho intramolecular Hbond substituents is 1. The number of allylic oxidation sites excluding steroid dienone is 2. The molecule has 6 atom stereocenters. The molecule has 1 N–H and O–H groups in total. The van der Waals surface area contributed by atoms with Gasteiger partial charge in [0.25, 0.3) is 11.8 Å². The number of hydrogen-bond acceptors (Lipinski definition) is 7. The number of likely N-dealkylation sites (tertiary alicyclic amines) is 2. The van der Waals surface area contributed by atoms with Gasteiger partial charge in [-0.2, -0.15) is 0 Å². The second-order valence-electron chi connectivity index (χ2n) is 11.6. The van der Waals surface area contributed by atoms with Gasteiger partial charge in [0, 0.05) is 29.7 Å². The van der Waals surface area contributed by atoms with Gasteiger partial charge >= 0.3 is 0 Å². The summed E-state index contributed by atoms with van der Waals surface area (Å²) in [4.78, 5) is 54.2. The van der Waals surface area contributed by atoms with Gasteiger partial charge in [-0.3, -0.25) is 29.0 Å². The highest BCUT2D eigenvalue weighted by atomic mass is 79.9. The van der Waals surface area contributed by atoms with Crippen molar-refractivity contribution in [1.82, 2.24) is 9.80 Å². The highest BCUT2D eigenvalue weighted by molar-refractivity contribution is 9.09. The first kappa shape index (κ1) is 28.8. The number of hydrogen-bond donors (Lipinski definition) is 1. The van der Waals surface area contributed by atoms with E-state index < -0.39 is 45.2 Å². The maximum absolute atomic E-state index is 14.1. The maximum atomic E-state index is 14.1. The zero-order chi connectivity index (χ0) is 29.4. The average molecular weight is 670 g/mol. The number of halogens is 3. The molecule has 4 amide bonds. The summed E-state index contributed by atoms with van der Waals surface area (Å²) in [5.74, 6) is -4.55. The van der Waals surface area contributed by atoms with Crippen LogP contribution in [0.25, 0.3) is 0 Å². The lowest BCUT2D eigenvalue weighted by atomic mass is 9.56. The number of carbonyl (C=O) groups excluding carboxylic acids is 4. The molecule has 0 bridgehead atoms. The second kappa shape index (κ2) is 10.2. The predicted octanol–water partition coefficient (Wildman–Crippen LogP) is 4.45. The zero-order valence-corrected chi connectivity index (χ0v) is 25.8. The molecular weight excluding hydrogens is 639 g/mol. The van der Waals surface area contributed by atoms with Crippen LogP contribution in [0.5, 0.6) is 17.2 Å². The lowest BCUT2D eigenvalue weighted by Gasteiger charge is -2.51. The number of fused-ring (bicyclic) bond motifs is 4. The molecule has 1 aromatic rings. The smallest absolute Gasteiger partial charge is 0.254 e. The van der Waals surface area contributed by atoms with E-state index in [9.17, 15) is 24.3 Å². The van der Waals surface area contributed by atoms with Crippen molar-refractivity contribution in [3.63, 3.8) is 0 Å². The Morgan fingerprint density at radius 3 is 2.20 bits per heavy atom. The van der Waals surface area contributed by atoms with Crippen LogP contribution in [0.1, 0.15) is 56.4 Å². The first-order valence-corrected chi connectivity index (χ1v) is 15.7. The first-order valence-electron chi connectivity index (χ1n) is 13.9. The number of nitrogens with zero attached hydrogens (tertiary/aromatic N) is 2. The highest BCUT2D eigenvalue weighted by Gasteiger charge is 2.77. The molecule has 220 valence electrons. The number of alkyl halides is 3. The van der Waals surface area contributed by atoms with E-state index in [2.05, 4.69) is 15.9 Å². The lowest BCUT2D eigenvalue weighted by molar-refractivity contribution is -0.144. The van der Waals surface area contributed by atoms with Gasteiger partial charge < -0.3 is 14.6 Å². The molecule has 4 fully saturated rings. The van der Waals surface area contributed by atoms with Gasteiger partial charge in [-0.15, -0.1) is 23.2 Å². The Bertz CT molecular complexity index is 1360. The molecule has 0 radical (unpaired) electrons. The fraction of sp³-hybridized carbons (Fsp3) is 0.586. The Morgan fingerprint density at radius 2 is 1.61 bits per heavy atom. The standard InChI is InChI=1S/C29H31BrCl2N2O7/c1-40-19-10-15(35)11-20(41-2)22(19)23-16-8-9-17-21(25(37)34(24(17)36)14-6-4-3-5-7-14)18(16)12-28(31)26(38)33(13-30)27(39)29(23,28)32/h8,10-11,14,17-18,21,23,35H,3-7,9,12-13H2,1-2H3/t17-,18+,21-,23+,28+,29-/m0/s1. The van der Waals surface area contributed by atoms with E-state index in [1.165, 1.54) is 31.3 Å². The van der Waals surface area contributed by atoms with Crippen molar-refractivity contribution >= 4 is 62.8 Å². The zero-order valence-electron chi connectivity index (χ0n) is 22.7. The summed E-state index contributed by atoms with van der Waals surface area (Å²) in [6, 6.07) is 2.62. The minimum absolute atomic E-state index is 0.0874. The van der Waals surface area contributed by atoms with Gasteiger partial charge in [-0.25, -0.2) is 0 Å². The van der Waals surface area contributed by atoms with Gasteiger partial charge in [-0.05, 0) is 31.6 Å². The van der Waals surface area contributed by atoms with Crippen molar-refractivity contribution in [2.45, 2.75) is 66.7 Å². The van der Waals surface area contributed by atoms with E-state index >= 15 is 0 Å². The molecule has 2 saturated heterocycles. The number of imide groups is 2. The molecular formula is C29H31BrCl2N2O7. The van der Waals surface area contributed by atoms with Gasteiger partial charge in [-0.1, -0.05) is 46.8 Å². The third-order valence-electron chi connectivity index (χ3n) is 9.81. The molecule has 9 nitrogen and oxygen atoms in total. The van der Waals surface area contributed by atoms with E-state index in [1.807, 2.05) is 6.08 Å². The number of rotatable bonds is 5. The van der Waals surface area contributed by atoms with Gasteiger partial charge in [0.1, 0.15) is 17.2 Å². The van der Waals surface area contributed by atoms with E-state index in [1.54, 1.807) is 0 Å². The van der Waals surface area contributed by atoms with Crippen LogP contribution in [0.4, 0.5) is 0 Å². The average Bonchev–Trinajstić information content (AvgIpc) is 3.31. The number of aromatic hydroxyl groups is 1. The number of methoxy groups -OCH3 is 2. The third-order valence-corrected chi connectivity index (χ3v) is 11.7. The number of phenols is 1. The summed E-state index contributed by atoms with van der Waals surface area (Å²) in [5, 5.41) is 10.4. The summed E-state index contributed by atoms with van der Waals surface area (Å²) in [6.45, 7) is 0. The molecule has 1 aromatic carbocycles. The van der Waals surface area contributed by atoms with Crippen molar-refractivity contribution in [3.8, 4) is 17.2 Å². The predicted molar refractivity (Wildman–Crippen MR) is 153 cm³/mol. The Labute approximate surface area is 256 Å². The van der Waals surface area contributed by atoms with Crippen molar-refractivity contribution in [2.24, 2.45) is 17.8 Å². The van der Waals surface area contributed by atoms with Crippen LogP contribution in [0.3, 0.4) is 0 Å². The van der Waals surface area contributed by atoms with Crippen LogP contribution in [-0.4, -0.2) is 74.0 Å². The number of benzene rings is 1. The minimum Gasteiger partial charge on any atom is -0.508 e. The molecule has 12 heteroatoms. The van der Waals surface area contributed by atoms with Crippen molar-refractivity contribution in [3.05, 3.63) is 29.3 Å². The van der Waals surface area contributed by atoms with E-state index in [0.29, 0.717) is 11.1 Å². The maximum Gasteiger partial charge on any atom is 0.254 e. The molecule has 3 aliphatic carbocycles. The summed E-state index contributed by atoms with van der Waals surface area (Å²) in [7, 11) is 2.82. The van der Waals surface area contributed by atoms with Crippen LogP contribution in [0.2, 0.25) is 0 Å². The molecule has 2 saturated carbocycles. The van der Waals surface area contributed by atoms with E-state index in [4.69, 9.17) is 32.7 Å². The fourth-order valence-corrected chi connectivity index (χ4v) is 9.41. The largest absolute Gasteiger partial charge is 0.508 e. The quantitative estimate of drug-likeness (QED) is 0.213. The molecule has 0 aromatic heterocycles. The monoisotopic (exact) mass is 668 g/mol. The molecule has 6 rings (SSSR count). The van der Waals surface area contributed by atoms with Crippen LogP contribution in [-0.2, 0) is 19.2 Å². The fourth-order valence-electron chi connectivity index (χ4n) is 8.00. The van der Waals surface area contributed by atoms with Crippen LogP contribution >= 0.6 is 39.1 Å². The molecule has 0 spiro atoms. The van der Waals surface area contributed by atoms with Gasteiger partial charge in [0.2, 0.25) is 11.8 Å². The Morgan fingerprint density at radius 1 is 0.976 bits per heavy atom. The SMILES string of the molecule is COc1cc(O)cc(OC)c1[C@H]1C2=CC[C@@H]3C(=O)N(C4CCCCC4)C(=O)[C@@H]3[C@@H]2C[C@@]2(Cl)C(=O)N(CBr)C(=O)[C@@]12Cl. The molecule has 2 heterocycles. The van der Waals surface area contributed by atoms with Crippen LogP contribution in [0.15, 0.2) is 23.8 Å². The van der Waals surface area contributed by atoms with Crippen LogP contribution in [0, 0.1) is 17.8 Å². The number of amides is 4. The third kappa shape index (κ3) is 3.78. The first-order chi connectivity index (χ1) is 19.5. The normalized spacial score (nSPS) is 35.3. The van der Waals surface area contributed by atoms with Crippen molar-refractivity contribution in [1.29, 1.82) is 0 Å². The van der Waals surface area contributed by atoms with E-state index in [-0.39, 0.29) is 53.4 Å². The molecule has 5 aliphatic rings. The van der Waals surface area contributed by atoms with Crippen LogP contribution < -0.4 is 9.47 Å². The summed E-state index contributed by atoms with van der Waals surface area (Å²) in [6.07, 6.45) is 6.65. The summed E-state index contributed by atoms with van der Waals surface area (Å²) < 4.78 is 11.3. The van der Waals surface area contributed by atoms with Gasteiger partial charge in [0.05, 0.1) is 31.5 Å². The van der Waals surface area contributed by atoms with Crippen molar-refractivity contribution in [2.75, 3.05) is 19.7 Å². The number of carbonyl (C=O) groups is 4. The molecule has 0 unspecified atom stereocenters.